The van der Waals surface area contributed by atoms with Crippen molar-refractivity contribution in [3.63, 3.8) is 0 Å². The lowest BCUT2D eigenvalue weighted by molar-refractivity contribution is -0.128. The highest BCUT2D eigenvalue weighted by atomic mass is 32.2. The summed E-state index contributed by atoms with van der Waals surface area (Å²) in [5, 5.41) is 39.3. The lowest BCUT2D eigenvalue weighted by atomic mass is 9.91. The number of urea groups is 2. The molecule has 0 bridgehead atoms. The second kappa shape index (κ2) is 15.4. The summed E-state index contributed by atoms with van der Waals surface area (Å²) in [6.07, 6.45) is -0.608. The number of hydrogen-bond donors (Lipinski definition) is 7. The number of nitrogens with one attached hydrogen (secondary N) is 4. The molecule has 2 aromatic heterocycles. The van der Waals surface area contributed by atoms with E-state index in [9.17, 15) is 33.0 Å². The minimum absolute atomic E-state index is 0.0607. The molecule has 0 radical (unpaired) electrons. The number of aliphatic hydroxyl groups excluding tert-OH is 2. The van der Waals surface area contributed by atoms with E-state index in [-0.39, 0.29) is 29.8 Å². The molecule has 1 aliphatic carbocycles. The lowest BCUT2D eigenvalue weighted by Gasteiger charge is -2.23. The molecule has 3 aromatic carbocycles. The number of carbonyl (C=O) groups excluding carboxylic acids is 3. The van der Waals surface area contributed by atoms with Crippen molar-refractivity contribution in [1.29, 1.82) is 0 Å². The van der Waals surface area contributed by atoms with Crippen molar-refractivity contribution >= 4 is 56.6 Å². The third kappa shape index (κ3) is 7.69. The standard InChI is InChI=1S/C38H41N11O7S/c39-57(55,56)26-13-11-24(12-14-26)43-37(53)44-25-15-16-47(20-25)36-45-34(40-18-27(22-7-3-1-4-8-22)23-9-5-2-6-10-23)31-35(46-36)48(21-42-31)28-17-29(33(52)32(28)51)49-30(50)19-41-38(49)54/h1-14,21,25,27-29,32-33,51-52H,15-20H2,(H,41,54)(H2,39,55,56)(H,40,45,46)(H2,43,44,53)/t25-,28-,29+,32+,33-/m1/s1. The van der Waals surface area contributed by atoms with Crippen LogP contribution < -0.4 is 31.3 Å². The quantitative estimate of drug-likeness (QED) is 0.0945. The van der Waals surface area contributed by atoms with Gasteiger partial charge in [0, 0.05) is 37.3 Å². The molecule has 3 aliphatic rings. The van der Waals surface area contributed by atoms with E-state index in [4.69, 9.17) is 15.1 Å². The Kier molecular flexibility index (Phi) is 10.2. The van der Waals surface area contributed by atoms with E-state index in [0.717, 1.165) is 16.0 Å². The number of nitrogens with zero attached hydrogens (tertiary/aromatic N) is 6. The summed E-state index contributed by atoms with van der Waals surface area (Å²) in [6, 6.07) is 22.5. The fourth-order valence-electron chi connectivity index (χ4n) is 7.84. The summed E-state index contributed by atoms with van der Waals surface area (Å²) in [7, 11) is -3.88. The molecular weight excluding hydrogens is 755 g/mol. The second-order valence-corrected chi connectivity index (χ2v) is 15.9. The van der Waals surface area contributed by atoms with Gasteiger partial charge in [0.1, 0.15) is 12.2 Å². The van der Waals surface area contributed by atoms with Gasteiger partial charge in [-0.3, -0.25) is 9.69 Å². The van der Waals surface area contributed by atoms with Crippen molar-refractivity contribution in [1.82, 2.24) is 35.1 Å². The fraction of sp³-hybridized carbons (Fsp3) is 0.316. The van der Waals surface area contributed by atoms with Crippen LogP contribution in [0, 0.1) is 0 Å². The van der Waals surface area contributed by atoms with Crippen LogP contribution in [0.25, 0.3) is 11.2 Å². The molecule has 57 heavy (non-hydrogen) atoms. The molecule has 4 heterocycles. The van der Waals surface area contributed by atoms with E-state index < -0.39 is 52.3 Å². The molecule has 5 aromatic rings. The van der Waals surface area contributed by atoms with Crippen LogP contribution in [-0.4, -0.2) is 111 Å². The van der Waals surface area contributed by atoms with Gasteiger partial charge in [0.05, 0.1) is 29.9 Å². The zero-order chi connectivity index (χ0) is 39.8. The Balaban J connectivity index is 1.07. The van der Waals surface area contributed by atoms with Gasteiger partial charge in [-0.1, -0.05) is 60.7 Å². The molecule has 296 valence electrons. The highest BCUT2D eigenvalue weighted by Crippen LogP contribution is 2.38. The number of imide groups is 1. The third-order valence-corrected chi connectivity index (χ3v) is 11.7. The molecule has 1 saturated carbocycles. The predicted molar refractivity (Wildman–Crippen MR) is 209 cm³/mol. The van der Waals surface area contributed by atoms with Gasteiger partial charge in [0.2, 0.25) is 21.9 Å². The number of anilines is 3. The van der Waals surface area contributed by atoms with Crippen molar-refractivity contribution in [2.24, 2.45) is 5.14 Å². The van der Waals surface area contributed by atoms with Gasteiger partial charge in [-0.05, 0) is 48.2 Å². The first-order valence-corrected chi connectivity index (χ1v) is 20.0. The van der Waals surface area contributed by atoms with Crippen LogP contribution in [0.15, 0.2) is 96.2 Å². The molecule has 3 fully saturated rings. The Morgan fingerprint density at radius 3 is 2.23 bits per heavy atom. The number of rotatable bonds is 11. The molecule has 8 N–H and O–H groups in total. The first kappa shape index (κ1) is 37.8. The summed E-state index contributed by atoms with van der Waals surface area (Å²) in [5.74, 6) is 0.223. The van der Waals surface area contributed by atoms with Gasteiger partial charge in [0.25, 0.3) is 0 Å². The van der Waals surface area contributed by atoms with Crippen LogP contribution in [-0.2, 0) is 14.8 Å². The van der Waals surface area contributed by atoms with Crippen LogP contribution in [0.3, 0.4) is 0 Å². The van der Waals surface area contributed by atoms with Crippen LogP contribution >= 0.6 is 0 Å². The minimum Gasteiger partial charge on any atom is -0.388 e. The van der Waals surface area contributed by atoms with Crippen molar-refractivity contribution in [2.45, 2.75) is 54.0 Å². The zero-order valence-corrected chi connectivity index (χ0v) is 31.3. The van der Waals surface area contributed by atoms with Gasteiger partial charge in [-0.2, -0.15) is 9.97 Å². The number of imidazole rings is 1. The smallest absolute Gasteiger partial charge is 0.324 e. The minimum atomic E-state index is -3.88. The number of carbonyl (C=O) groups is 3. The van der Waals surface area contributed by atoms with Gasteiger partial charge < -0.3 is 40.9 Å². The maximum absolute atomic E-state index is 13.0. The van der Waals surface area contributed by atoms with Gasteiger partial charge in [0.15, 0.2) is 17.0 Å². The Bertz CT molecular complexity index is 2350. The zero-order valence-electron chi connectivity index (χ0n) is 30.5. The van der Waals surface area contributed by atoms with Crippen molar-refractivity contribution in [3.8, 4) is 0 Å². The first-order chi connectivity index (χ1) is 27.4. The Morgan fingerprint density at radius 1 is 0.930 bits per heavy atom. The maximum Gasteiger partial charge on any atom is 0.324 e. The monoisotopic (exact) mass is 795 g/mol. The van der Waals surface area contributed by atoms with Gasteiger partial charge in [-0.25, -0.2) is 28.1 Å². The van der Waals surface area contributed by atoms with E-state index in [1.165, 1.54) is 30.6 Å². The number of aromatic nitrogens is 4. The highest BCUT2D eigenvalue weighted by Gasteiger charge is 2.50. The van der Waals surface area contributed by atoms with Crippen LogP contribution in [0.4, 0.5) is 27.0 Å². The first-order valence-electron chi connectivity index (χ1n) is 18.4. The molecule has 2 aliphatic heterocycles. The Labute approximate surface area is 327 Å². The van der Waals surface area contributed by atoms with Crippen molar-refractivity contribution < 1.29 is 33.0 Å². The van der Waals surface area contributed by atoms with E-state index in [2.05, 4.69) is 50.5 Å². The average molecular weight is 796 g/mol. The van der Waals surface area contributed by atoms with Crippen LogP contribution in [0.1, 0.15) is 35.9 Å². The number of primary sulfonamides is 1. The van der Waals surface area contributed by atoms with Crippen LogP contribution in [0.5, 0.6) is 0 Å². The van der Waals surface area contributed by atoms with E-state index in [1.807, 2.05) is 41.3 Å². The van der Waals surface area contributed by atoms with Crippen molar-refractivity contribution in [2.75, 3.05) is 41.7 Å². The summed E-state index contributed by atoms with van der Waals surface area (Å²) < 4.78 is 24.9. The largest absolute Gasteiger partial charge is 0.388 e. The molecule has 0 unspecified atom stereocenters. The average Bonchev–Trinajstić information content (AvgIpc) is 3.99. The number of fused-ring (bicyclic) bond motifs is 1. The molecule has 5 atom stereocenters. The van der Waals surface area contributed by atoms with E-state index in [0.29, 0.717) is 54.7 Å². The number of nitrogens with two attached hydrogens (primary N) is 1. The molecule has 5 amide bonds. The number of aliphatic hydroxyl groups is 2. The highest BCUT2D eigenvalue weighted by molar-refractivity contribution is 7.89. The summed E-state index contributed by atoms with van der Waals surface area (Å²) in [5.41, 5.74) is 3.35. The predicted octanol–water partition coefficient (Wildman–Crippen LogP) is 1.71. The maximum atomic E-state index is 13.0. The SMILES string of the molecule is NS(=O)(=O)c1ccc(NC(=O)N[C@@H]2CCN(c3nc(NCC(c4ccccc4)c4ccccc4)c4ncn([C@@H]5C[C@H](N6C(=O)CNC6=O)[C@@H](O)[C@H]5O)c4n3)C2)cc1. The normalized spacial score (nSPS) is 22.4. The molecule has 0 spiro atoms. The molecule has 18 nitrogen and oxygen atoms in total. The van der Waals surface area contributed by atoms with Gasteiger partial charge >= 0.3 is 12.1 Å². The summed E-state index contributed by atoms with van der Waals surface area (Å²) >= 11 is 0. The van der Waals surface area contributed by atoms with E-state index in [1.54, 1.807) is 4.57 Å². The number of sulfonamides is 1. The molecular formula is C38H41N11O7S. The number of benzene rings is 3. The Morgan fingerprint density at radius 2 is 1.60 bits per heavy atom. The Hall–Kier alpha value is -6.15. The lowest BCUT2D eigenvalue weighted by Crippen LogP contribution is -2.46. The summed E-state index contributed by atoms with van der Waals surface area (Å²) in [4.78, 5) is 55.4. The van der Waals surface area contributed by atoms with Gasteiger partial charge in [-0.15, -0.1) is 0 Å². The second-order valence-electron chi connectivity index (χ2n) is 14.3. The number of hydrogen-bond acceptors (Lipinski definition) is 12. The van der Waals surface area contributed by atoms with Crippen molar-refractivity contribution in [3.05, 3.63) is 102 Å². The third-order valence-electron chi connectivity index (χ3n) is 10.7. The molecule has 19 heteroatoms. The molecule has 8 rings (SSSR count). The van der Waals surface area contributed by atoms with E-state index >= 15 is 0 Å². The fourth-order valence-corrected chi connectivity index (χ4v) is 8.35. The topological polar surface area (TPSA) is 250 Å². The summed E-state index contributed by atoms with van der Waals surface area (Å²) in [6.45, 7) is 1.10. The molecule has 2 saturated heterocycles. The van der Waals surface area contributed by atoms with Crippen LogP contribution in [0.2, 0.25) is 0 Å². The number of amides is 5.